The zero-order valence-corrected chi connectivity index (χ0v) is 10.6. The van der Waals surface area contributed by atoms with Crippen LogP contribution in [0.4, 0.5) is 4.79 Å². The van der Waals surface area contributed by atoms with Crippen molar-refractivity contribution in [1.82, 2.24) is 9.80 Å². The predicted molar refractivity (Wildman–Crippen MR) is 65.5 cm³/mol. The quantitative estimate of drug-likeness (QED) is 0.707. The number of hydrogen-bond donors (Lipinski definition) is 1. The Morgan fingerprint density at radius 3 is 2.41 bits per heavy atom. The van der Waals surface area contributed by atoms with E-state index in [4.69, 9.17) is 11.5 Å². The standard InChI is InChI=1S/C12H20N2O3/c1-5-7-14(9-11(15)16)12(17)13(4)8-6-10(2)3/h1,10H,6-9H2,2-4H3,(H,15,16). The minimum absolute atomic E-state index is 0.0111. The molecule has 0 bridgehead atoms. The fourth-order valence-electron chi connectivity index (χ4n) is 1.25. The number of carbonyl (C=O) groups is 2. The maximum Gasteiger partial charge on any atom is 0.323 e. The van der Waals surface area contributed by atoms with Gasteiger partial charge in [-0.05, 0) is 12.3 Å². The molecule has 0 aliphatic carbocycles. The number of carboxylic acids is 1. The van der Waals surface area contributed by atoms with Crippen LogP contribution >= 0.6 is 0 Å². The van der Waals surface area contributed by atoms with Gasteiger partial charge in [-0.2, -0.15) is 0 Å². The van der Waals surface area contributed by atoms with E-state index >= 15 is 0 Å². The Labute approximate surface area is 102 Å². The third kappa shape index (κ3) is 6.46. The van der Waals surface area contributed by atoms with Crippen LogP contribution in [0, 0.1) is 18.3 Å². The molecule has 96 valence electrons. The van der Waals surface area contributed by atoms with Crippen molar-refractivity contribution in [3.63, 3.8) is 0 Å². The van der Waals surface area contributed by atoms with E-state index in [0.717, 1.165) is 11.3 Å². The summed E-state index contributed by atoms with van der Waals surface area (Å²) in [6.07, 6.45) is 5.98. The Balaban J connectivity index is 4.39. The Morgan fingerprint density at radius 1 is 1.41 bits per heavy atom. The van der Waals surface area contributed by atoms with E-state index in [1.165, 1.54) is 4.90 Å². The van der Waals surface area contributed by atoms with Crippen LogP contribution in [0.25, 0.3) is 0 Å². The lowest BCUT2D eigenvalue weighted by Gasteiger charge is -2.26. The first kappa shape index (κ1) is 15.3. The Kier molecular flexibility index (Phi) is 6.80. The number of carboxylic acid groups (broad SMARTS) is 1. The van der Waals surface area contributed by atoms with E-state index in [2.05, 4.69) is 19.8 Å². The maximum atomic E-state index is 11.9. The van der Waals surface area contributed by atoms with Gasteiger partial charge >= 0.3 is 12.0 Å². The van der Waals surface area contributed by atoms with Crippen LogP contribution in [0.15, 0.2) is 0 Å². The minimum atomic E-state index is -1.06. The smallest absolute Gasteiger partial charge is 0.323 e. The molecule has 0 spiro atoms. The van der Waals surface area contributed by atoms with Crippen molar-refractivity contribution < 1.29 is 14.7 Å². The lowest BCUT2D eigenvalue weighted by Crippen LogP contribution is -2.44. The monoisotopic (exact) mass is 240 g/mol. The second-order valence-corrected chi connectivity index (χ2v) is 4.34. The first-order valence-electron chi connectivity index (χ1n) is 5.53. The van der Waals surface area contributed by atoms with Crippen molar-refractivity contribution in [3.05, 3.63) is 0 Å². The molecule has 0 saturated heterocycles. The van der Waals surface area contributed by atoms with E-state index in [9.17, 15) is 9.59 Å². The summed E-state index contributed by atoms with van der Waals surface area (Å²) in [7, 11) is 1.65. The lowest BCUT2D eigenvalue weighted by atomic mass is 10.1. The number of amides is 2. The van der Waals surface area contributed by atoms with E-state index in [1.54, 1.807) is 7.05 Å². The molecule has 5 heteroatoms. The number of carbonyl (C=O) groups excluding carboxylic acids is 1. The largest absolute Gasteiger partial charge is 0.480 e. The van der Waals surface area contributed by atoms with Crippen LogP contribution in [-0.2, 0) is 4.79 Å². The predicted octanol–water partition coefficient (Wildman–Crippen LogP) is 1.10. The van der Waals surface area contributed by atoms with Crippen LogP contribution in [0.1, 0.15) is 20.3 Å². The van der Waals surface area contributed by atoms with Gasteiger partial charge in [0.25, 0.3) is 0 Å². The van der Waals surface area contributed by atoms with Gasteiger partial charge in [0, 0.05) is 13.6 Å². The summed E-state index contributed by atoms with van der Waals surface area (Å²) in [5, 5.41) is 8.68. The van der Waals surface area contributed by atoms with Crippen molar-refractivity contribution in [2.24, 2.45) is 5.92 Å². The van der Waals surface area contributed by atoms with Crippen LogP contribution in [-0.4, -0.2) is 53.6 Å². The van der Waals surface area contributed by atoms with Gasteiger partial charge in [0.2, 0.25) is 0 Å². The summed E-state index contributed by atoms with van der Waals surface area (Å²) in [5.74, 6) is 1.72. The molecule has 0 fully saturated rings. The molecule has 17 heavy (non-hydrogen) atoms. The zero-order valence-electron chi connectivity index (χ0n) is 10.6. The number of hydrogen-bond acceptors (Lipinski definition) is 2. The average molecular weight is 240 g/mol. The molecule has 0 unspecified atom stereocenters. The molecule has 0 heterocycles. The second-order valence-electron chi connectivity index (χ2n) is 4.34. The molecule has 0 aliphatic rings. The van der Waals surface area contributed by atoms with Gasteiger partial charge < -0.3 is 14.9 Å². The molecular weight excluding hydrogens is 220 g/mol. The van der Waals surface area contributed by atoms with Crippen LogP contribution in [0.3, 0.4) is 0 Å². The maximum absolute atomic E-state index is 11.9. The summed E-state index contributed by atoms with van der Waals surface area (Å²) in [6.45, 7) is 4.37. The van der Waals surface area contributed by atoms with Gasteiger partial charge in [-0.3, -0.25) is 4.79 Å². The zero-order chi connectivity index (χ0) is 13.4. The van der Waals surface area contributed by atoms with Gasteiger partial charge in [0.1, 0.15) is 6.54 Å². The van der Waals surface area contributed by atoms with Crippen molar-refractivity contribution in [3.8, 4) is 12.3 Å². The molecular formula is C12H20N2O3. The lowest BCUT2D eigenvalue weighted by molar-refractivity contribution is -0.137. The average Bonchev–Trinajstić information content (AvgIpc) is 2.23. The third-order valence-electron chi connectivity index (χ3n) is 2.25. The van der Waals surface area contributed by atoms with Gasteiger partial charge in [-0.15, -0.1) is 6.42 Å². The van der Waals surface area contributed by atoms with Crippen molar-refractivity contribution in [2.75, 3.05) is 26.7 Å². The van der Waals surface area contributed by atoms with Gasteiger partial charge in [0.05, 0.1) is 6.54 Å². The number of rotatable bonds is 6. The molecule has 0 radical (unpaired) electrons. The van der Waals surface area contributed by atoms with E-state index in [0.29, 0.717) is 12.5 Å². The molecule has 0 saturated carbocycles. The number of terminal acetylenes is 1. The summed E-state index contributed by atoms with van der Waals surface area (Å²) >= 11 is 0. The summed E-state index contributed by atoms with van der Waals surface area (Å²) < 4.78 is 0. The van der Waals surface area contributed by atoms with Crippen LogP contribution < -0.4 is 0 Å². The fourth-order valence-corrected chi connectivity index (χ4v) is 1.25. The van der Waals surface area contributed by atoms with Gasteiger partial charge in [0.15, 0.2) is 0 Å². The molecule has 5 nitrogen and oxygen atoms in total. The highest BCUT2D eigenvalue weighted by Crippen LogP contribution is 2.03. The van der Waals surface area contributed by atoms with Crippen molar-refractivity contribution in [2.45, 2.75) is 20.3 Å². The molecule has 0 aromatic carbocycles. The summed E-state index contributed by atoms with van der Waals surface area (Å²) in [6, 6.07) is -0.342. The van der Waals surface area contributed by atoms with Crippen molar-refractivity contribution >= 4 is 12.0 Å². The highest BCUT2D eigenvalue weighted by Gasteiger charge is 2.19. The topological polar surface area (TPSA) is 60.9 Å². The Morgan fingerprint density at radius 2 is 2.00 bits per heavy atom. The molecule has 0 aliphatic heterocycles. The van der Waals surface area contributed by atoms with Crippen LogP contribution in [0.2, 0.25) is 0 Å². The number of aliphatic carboxylic acids is 1. The summed E-state index contributed by atoms with van der Waals surface area (Å²) in [5.41, 5.74) is 0. The SMILES string of the molecule is C#CCN(CC(=O)O)C(=O)N(C)CCC(C)C. The Bertz CT molecular complexity index is 307. The molecule has 0 rings (SSSR count). The Hall–Kier alpha value is -1.70. The highest BCUT2D eigenvalue weighted by atomic mass is 16.4. The minimum Gasteiger partial charge on any atom is -0.480 e. The number of urea groups is 1. The first-order chi connectivity index (χ1) is 7.88. The fraction of sp³-hybridized carbons (Fsp3) is 0.667. The van der Waals surface area contributed by atoms with E-state index < -0.39 is 5.97 Å². The summed E-state index contributed by atoms with van der Waals surface area (Å²) in [4.78, 5) is 25.1. The van der Waals surface area contributed by atoms with Gasteiger partial charge in [-0.1, -0.05) is 19.8 Å². The molecule has 2 amide bonds. The molecule has 1 N–H and O–H groups in total. The van der Waals surface area contributed by atoms with E-state index in [-0.39, 0.29) is 19.1 Å². The molecule has 0 aromatic rings. The molecule has 0 atom stereocenters. The highest BCUT2D eigenvalue weighted by molar-refractivity contribution is 5.80. The molecule has 0 aromatic heterocycles. The van der Waals surface area contributed by atoms with E-state index in [1.807, 2.05) is 0 Å². The third-order valence-corrected chi connectivity index (χ3v) is 2.25. The first-order valence-corrected chi connectivity index (χ1v) is 5.53. The normalized spacial score (nSPS) is 9.82. The number of nitrogens with zero attached hydrogens (tertiary/aromatic N) is 2. The second kappa shape index (κ2) is 7.55. The van der Waals surface area contributed by atoms with Gasteiger partial charge in [-0.25, -0.2) is 4.79 Å². The van der Waals surface area contributed by atoms with Crippen LogP contribution in [0.5, 0.6) is 0 Å². The van der Waals surface area contributed by atoms with Crippen molar-refractivity contribution in [1.29, 1.82) is 0 Å².